The van der Waals surface area contributed by atoms with Gasteiger partial charge in [-0.1, -0.05) is 60.7 Å². The lowest BCUT2D eigenvalue weighted by atomic mass is 9.91. The van der Waals surface area contributed by atoms with E-state index in [1.807, 2.05) is 60.7 Å². The second-order valence-corrected chi connectivity index (χ2v) is 9.57. The average molecular weight is 561 g/mol. The highest BCUT2D eigenvalue weighted by Crippen LogP contribution is 2.38. The summed E-state index contributed by atoms with van der Waals surface area (Å²) in [6.07, 6.45) is -7.05. The monoisotopic (exact) mass is 560 g/mol. The Kier molecular flexibility index (Phi) is 7.43. The predicted molar refractivity (Wildman–Crippen MR) is 137 cm³/mol. The molecule has 1 saturated carbocycles. The number of fused-ring (bicyclic) bond motifs is 1. The van der Waals surface area contributed by atoms with Gasteiger partial charge in [-0.05, 0) is 29.1 Å². The fourth-order valence-electron chi connectivity index (χ4n) is 4.92. The van der Waals surface area contributed by atoms with E-state index in [-0.39, 0.29) is 29.2 Å². The van der Waals surface area contributed by atoms with Gasteiger partial charge in [0, 0.05) is 18.5 Å². The van der Waals surface area contributed by atoms with Gasteiger partial charge in [0.1, 0.15) is 11.6 Å². The van der Waals surface area contributed by atoms with Crippen LogP contribution in [0.2, 0.25) is 5.28 Å². The minimum Gasteiger partial charge on any atom is -0.451 e. The first-order chi connectivity index (χ1) is 18.6. The highest BCUT2D eigenvalue weighted by molar-refractivity contribution is 6.28. The van der Waals surface area contributed by atoms with Crippen LogP contribution in [0, 0.1) is 0 Å². The second-order valence-electron chi connectivity index (χ2n) is 9.23. The normalized spacial score (nSPS) is 21.4. The molecule has 2 unspecified atom stereocenters. The fraction of sp³-hybridized carbons (Fsp3) is 0.308. The van der Waals surface area contributed by atoms with Gasteiger partial charge in [-0.2, -0.15) is 18.2 Å². The van der Waals surface area contributed by atoms with E-state index >= 15 is 0 Å². The molecule has 5 rings (SSSR count). The number of aromatic nitrogens is 4. The van der Waals surface area contributed by atoms with Crippen molar-refractivity contribution in [1.82, 2.24) is 19.5 Å². The number of anilines is 1. The molecule has 1 aliphatic rings. The zero-order chi connectivity index (χ0) is 27.7. The molecule has 0 aliphatic heterocycles. The number of hydrogen-bond acceptors (Lipinski definition) is 8. The first kappa shape index (κ1) is 26.9. The highest BCUT2D eigenvalue weighted by atomic mass is 35.5. The number of nitrogens with zero attached hydrogens (tertiary/aromatic N) is 4. The third kappa shape index (κ3) is 5.54. The van der Waals surface area contributed by atoms with E-state index in [4.69, 9.17) is 22.1 Å². The Labute approximate surface area is 225 Å². The molecule has 0 radical (unpaired) electrons. The summed E-state index contributed by atoms with van der Waals surface area (Å²) in [6.45, 7) is 0.340. The van der Waals surface area contributed by atoms with Crippen LogP contribution in [-0.2, 0) is 9.53 Å². The van der Waals surface area contributed by atoms with E-state index in [1.54, 1.807) is 0 Å². The third-order valence-corrected chi connectivity index (χ3v) is 6.93. The zero-order valence-electron chi connectivity index (χ0n) is 20.3. The second kappa shape index (κ2) is 10.8. The van der Waals surface area contributed by atoms with Gasteiger partial charge in [0.05, 0.1) is 12.2 Å². The van der Waals surface area contributed by atoms with E-state index in [0.717, 1.165) is 11.1 Å². The van der Waals surface area contributed by atoms with Crippen LogP contribution in [0.1, 0.15) is 29.5 Å². The molecule has 0 spiro atoms. The molecule has 1 fully saturated rings. The number of imidazole rings is 1. The van der Waals surface area contributed by atoms with Crippen molar-refractivity contribution >= 4 is 34.7 Å². The molecule has 204 valence electrons. The van der Waals surface area contributed by atoms with Gasteiger partial charge < -0.3 is 20.9 Å². The van der Waals surface area contributed by atoms with Crippen molar-refractivity contribution in [3.63, 3.8) is 0 Å². The van der Waals surface area contributed by atoms with Crippen LogP contribution >= 0.6 is 11.6 Å². The lowest BCUT2D eigenvalue weighted by molar-refractivity contribution is -0.209. The van der Waals surface area contributed by atoms with Gasteiger partial charge in [-0.3, -0.25) is 4.57 Å². The maximum atomic E-state index is 13.1. The molecule has 39 heavy (non-hydrogen) atoms. The summed E-state index contributed by atoms with van der Waals surface area (Å²) in [7, 11) is 0. The average Bonchev–Trinajstić information content (AvgIpc) is 3.40. The molecular weight excluding hydrogens is 537 g/mol. The Morgan fingerprint density at radius 1 is 1.13 bits per heavy atom. The Bertz CT molecular complexity index is 1410. The topological polar surface area (TPSA) is 128 Å². The van der Waals surface area contributed by atoms with Crippen molar-refractivity contribution in [1.29, 1.82) is 0 Å². The van der Waals surface area contributed by atoms with Gasteiger partial charge in [-0.15, -0.1) is 0 Å². The van der Waals surface area contributed by atoms with Crippen LogP contribution in [-0.4, -0.2) is 61.6 Å². The first-order valence-corrected chi connectivity index (χ1v) is 12.5. The fourth-order valence-corrected chi connectivity index (χ4v) is 5.04. The number of carbonyl (C=O) groups is 1. The summed E-state index contributed by atoms with van der Waals surface area (Å²) in [5.74, 6) is -2.33. The minimum absolute atomic E-state index is 0.0144. The lowest BCUT2D eigenvalue weighted by Crippen LogP contribution is -2.41. The SMILES string of the molecule is N[C@H]1C[C@@H](n2c(NCC(c3ccccc3)c3ccccc3)nc3cnc(Cl)nc32)C(OC(=O)C(F)(F)F)C1O. The molecular formula is C26H24ClF3N6O3. The summed E-state index contributed by atoms with van der Waals surface area (Å²) >= 11 is 6.04. The number of rotatable bonds is 7. The Morgan fingerprint density at radius 2 is 1.74 bits per heavy atom. The van der Waals surface area contributed by atoms with E-state index in [2.05, 4.69) is 20.3 Å². The Balaban J connectivity index is 1.54. The summed E-state index contributed by atoms with van der Waals surface area (Å²) in [5, 5.41) is 13.8. The number of esters is 1. The van der Waals surface area contributed by atoms with Gasteiger partial charge in [0.2, 0.25) is 11.2 Å². The van der Waals surface area contributed by atoms with Crippen LogP contribution in [0.15, 0.2) is 66.9 Å². The molecule has 2 aromatic carbocycles. The van der Waals surface area contributed by atoms with Crippen molar-refractivity contribution in [2.75, 3.05) is 11.9 Å². The van der Waals surface area contributed by atoms with Gasteiger partial charge >= 0.3 is 12.1 Å². The van der Waals surface area contributed by atoms with Gasteiger partial charge in [0.15, 0.2) is 11.8 Å². The van der Waals surface area contributed by atoms with Crippen molar-refractivity contribution in [2.45, 2.75) is 42.8 Å². The van der Waals surface area contributed by atoms with Crippen molar-refractivity contribution in [2.24, 2.45) is 5.73 Å². The maximum Gasteiger partial charge on any atom is 0.490 e. The number of ether oxygens (including phenoxy) is 1. The van der Waals surface area contributed by atoms with Crippen LogP contribution < -0.4 is 11.1 Å². The number of aliphatic hydroxyl groups is 1. The number of nitrogens with two attached hydrogens (primary N) is 1. The summed E-state index contributed by atoms with van der Waals surface area (Å²) in [6, 6.07) is 17.5. The van der Waals surface area contributed by atoms with E-state index in [1.165, 1.54) is 10.8 Å². The van der Waals surface area contributed by atoms with Crippen LogP contribution in [0.5, 0.6) is 0 Å². The molecule has 0 amide bonds. The first-order valence-electron chi connectivity index (χ1n) is 12.1. The number of carbonyl (C=O) groups excluding carboxylic acids is 1. The maximum absolute atomic E-state index is 13.1. The number of alkyl halides is 3. The summed E-state index contributed by atoms with van der Waals surface area (Å²) < 4.78 is 45.4. The minimum atomic E-state index is -5.25. The molecule has 13 heteroatoms. The summed E-state index contributed by atoms with van der Waals surface area (Å²) in [5.41, 5.74) is 8.55. The molecule has 4 atom stereocenters. The van der Waals surface area contributed by atoms with E-state index in [9.17, 15) is 23.1 Å². The third-order valence-electron chi connectivity index (χ3n) is 6.75. The van der Waals surface area contributed by atoms with Crippen molar-refractivity contribution in [3.8, 4) is 0 Å². The molecule has 4 N–H and O–H groups in total. The smallest absolute Gasteiger partial charge is 0.451 e. The van der Waals surface area contributed by atoms with Crippen molar-refractivity contribution in [3.05, 3.63) is 83.3 Å². The Morgan fingerprint density at radius 3 is 2.33 bits per heavy atom. The molecule has 1 aliphatic carbocycles. The van der Waals surface area contributed by atoms with Crippen LogP contribution in [0.25, 0.3) is 11.2 Å². The largest absolute Gasteiger partial charge is 0.490 e. The van der Waals surface area contributed by atoms with E-state index in [0.29, 0.717) is 12.1 Å². The Hall–Kier alpha value is -3.74. The molecule has 9 nitrogen and oxygen atoms in total. The lowest BCUT2D eigenvalue weighted by Gasteiger charge is -2.26. The number of aliphatic hydroxyl groups excluding tert-OH is 1. The molecule has 4 aromatic rings. The number of benzene rings is 2. The quantitative estimate of drug-likeness (QED) is 0.230. The molecule has 0 saturated heterocycles. The van der Waals surface area contributed by atoms with Crippen molar-refractivity contribution < 1.29 is 27.8 Å². The molecule has 2 aromatic heterocycles. The summed E-state index contributed by atoms with van der Waals surface area (Å²) in [4.78, 5) is 24.5. The number of halogens is 4. The number of nitrogens with one attached hydrogen (secondary N) is 1. The molecule has 0 bridgehead atoms. The molecule has 2 heterocycles. The van der Waals surface area contributed by atoms with Crippen LogP contribution in [0.3, 0.4) is 0 Å². The van der Waals surface area contributed by atoms with E-state index < -0.39 is 36.4 Å². The van der Waals surface area contributed by atoms with Gasteiger partial charge in [0.25, 0.3) is 0 Å². The van der Waals surface area contributed by atoms with Gasteiger partial charge in [-0.25, -0.2) is 14.8 Å². The predicted octanol–water partition coefficient (Wildman–Crippen LogP) is 3.83. The standard InChI is InChI=1S/C26H24ClF3N6O3/c27-24-32-13-18-22(35-24)36(19-11-17(31)20(37)21(19)39-23(38)26(28,29)30)25(34-18)33-12-16(14-7-3-1-4-8-14)15-9-5-2-6-10-15/h1-10,13,16-17,19-21,37H,11-12,31H2,(H,33,34)/t17-,19+,20?,21?/m0/s1. The highest BCUT2D eigenvalue weighted by Gasteiger charge is 2.50. The number of hydrogen-bond donors (Lipinski definition) is 3. The van der Waals surface area contributed by atoms with Crippen LogP contribution in [0.4, 0.5) is 19.1 Å². The zero-order valence-corrected chi connectivity index (χ0v) is 21.0.